The Labute approximate surface area is 202 Å². The quantitative estimate of drug-likeness (QED) is 0.607. The van der Waals surface area contributed by atoms with E-state index in [-0.39, 0.29) is 48.5 Å². The second-order valence-corrected chi connectivity index (χ2v) is 9.76. The van der Waals surface area contributed by atoms with Gasteiger partial charge in [0.2, 0.25) is 11.8 Å². The molecule has 10 heteroatoms. The summed E-state index contributed by atoms with van der Waals surface area (Å²) in [7, 11) is 0. The van der Waals surface area contributed by atoms with Crippen molar-refractivity contribution in [3.63, 3.8) is 0 Å². The summed E-state index contributed by atoms with van der Waals surface area (Å²) in [6, 6.07) is 5.41. The van der Waals surface area contributed by atoms with Crippen LogP contribution in [0.5, 0.6) is 5.75 Å². The summed E-state index contributed by atoms with van der Waals surface area (Å²) in [5.74, 6) is -0.364. The molecule has 1 aromatic carbocycles. The van der Waals surface area contributed by atoms with E-state index in [4.69, 9.17) is 27.9 Å². The number of hydrogen-bond acceptors (Lipinski definition) is 5. The Hall–Kier alpha value is -2.50. The minimum Gasteiger partial charge on any atom is -0.482 e. The highest BCUT2D eigenvalue weighted by Crippen LogP contribution is 2.42. The van der Waals surface area contributed by atoms with E-state index in [0.717, 1.165) is 19.3 Å². The van der Waals surface area contributed by atoms with E-state index in [1.54, 1.807) is 17.0 Å². The molecule has 1 saturated carbocycles. The van der Waals surface area contributed by atoms with Crippen molar-refractivity contribution in [1.82, 2.24) is 15.5 Å². The van der Waals surface area contributed by atoms with Gasteiger partial charge in [0.25, 0.3) is 5.91 Å². The van der Waals surface area contributed by atoms with Gasteiger partial charge in [-0.05, 0) is 55.7 Å². The predicted octanol–water partition coefficient (Wildman–Crippen LogP) is 2.53. The van der Waals surface area contributed by atoms with E-state index in [1.807, 2.05) is 0 Å². The van der Waals surface area contributed by atoms with Crippen LogP contribution in [0.2, 0.25) is 10.0 Å². The number of carbonyl (C=O) groups is 3. The Balaban J connectivity index is 1.42. The van der Waals surface area contributed by atoms with Crippen LogP contribution in [-0.2, 0) is 14.4 Å². The molecule has 1 aromatic rings. The number of likely N-dealkylation sites (tertiary alicyclic amines) is 1. The Kier molecular flexibility index (Phi) is 7.30. The second-order valence-electron chi connectivity index (χ2n) is 8.91. The van der Waals surface area contributed by atoms with E-state index in [1.165, 1.54) is 6.07 Å². The van der Waals surface area contributed by atoms with Gasteiger partial charge in [0.05, 0.1) is 11.1 Å². The van der Waals surface area contributed by atoms with Gasteiger partial charge in [0.1, 0.15) is 17.8 Å². The number of benzene rings is 1. The smallest absolute Gasteiger partial charge is 0.261 e. The van der Waals surface area contributed by atoms with Crippen LogP contribution in [0.15, 0.2) is 18.2 Å². The molecule has 33 heavy (non-hydrogen) atoms. The van der Waals surface area contributed by atoms with Gasteiger partial charge >= 0.3 is 0 Å². The van der Waals surface area contributed by atoms with Crippen LogP contribution in [0.3, 0.4) is 0 Å². The maximum Gasteiger partial charge on any atom is 0.261 e. The molecule has 2 saturated heterocycles. The number of fused-ring (bicyclic) bond motifs is 1. The second kappa shape index (κ2) is 10.2. The lowest BCUT2D eigenvalue weighted by atomic mass is 9.92. The maximum absolute atomic E-state index is 13.3. The fourth-order valence-corrected chi connectivity index (χ4v) is 5.73. The zero-order valence-corrected chi connectivity index (χ0v) is 19.6. The molecule has 0 radical (unpaired) electrons. The molecular weight excluding hydrogens is 467 g/mol. The molecule has 3 fully saturated rings. The molecule has 0 aromatic heterocycles. The van der Waals surface area contributed by atoms with Gasteiger partial charge in [-0.1, -0.05) is 29.6 Å². The third-order valence-electron chi connectivity index (χ3n) is 6.88. The van der Waals surface area contributed by atoms with Gasteiger partial charge in [-0.15, -0.1) is 0 Å². The first-order chi connectivity index (χ1) is 15.9. The molecule has 2 aliphatic heterocycles. The average molecular weight is 493 g/mol. The molecule has 3 aliphatic rings. The fourth-order valence-electron chi connectivity index (χ4n) is 5.27. The zero-order chi connectivity index (χ0) is 23.5. The Morgan fingerprint density at radius 1 is 1.30 bits per heavy atom. The lowest BCUT2D eigenvalue weighted by Gasteiger charge is -2.28. The number of nitriles is 1. The predicted molar refractivity (Wildman–Crippen MR) is 122 cm³/mol. The Bertz CT molecular complexity index is 982. The molecule has 1 unspecified atom stereocenters. The highest BCUT2D eigenvalue weighted by Gasteiger charge is 2.49. The number of nitrogens with zero attached hydrogens (tertiary/aromatic N) is 2. The average Bonchev–Trinajstić information content (AvgIpc) is 3.48. The van der Waals surface area contributed by atoms with Crippen molar-refractivity contribution in [3.8, 4) is 11.8 Å². The monoisotopic (exact) mass is 492 g/mol. The van der Waals surface area contributed by atoms with Gasteiger partial charge in [-0.2, -0.15) is 5.26 Å². The minimum atomic E-state index is -0.784. The maximum atomic E-state index is 13.3. The SMILES string of the molecule is N#C[C@H](C[C@@H]1CCNC1=O)NC(=O)C1[C@H]2CCC[C@H]2CN1C(=O)COc1ccc(Cl)cc1Cl. The molecule has 3 amide bonds. The molecule has 176 valence electrons. The van der Waals surface area contributed by atoms with Crippen molar-refractivity contribution in [2.24, 2.45) is 17.8 Å². The van der Waals surface area contributed by atoms with Crippen LogP contribution in [0.1, 0.15) is 32.1 Å². The van der Waals surface area contributed by atoms with Crippen LogP contribution in [0.25, 0.3) is 0 Å². The lowest BCUT2D eigenvalue weighted by molar-refractivity contribution is -0.141. The molecule has 4 rings (SSSR count). The molecule has 0 bridgehead atoms. The van der Waals surface area contributed by atoms with Crippen LogP contribution in [0, 0.1) is 29.1 Å². The van der Waals surface area contributed by atoms with Gasteiger partial charge in [0.15, 0.2) is 6.61 Å². The van der Waals surface area contributed by atoms with E-state index in [0.29, 0.717) is 35.3 Å². The number of amides is 3. The molecule has 0 spiro atoms. The third kappa shape index (κ3) is 5.20. The molecule has 8 nitrogen and oxygen atoms in total. The molecule has 1 aliphatic carbocycles. The summed E-state index contributed by atoms with van der Waals surface area (Å²) in [5.41, 5.74) is 0. The first-order valence-corrected chi connectivity index (χ1v) is 12.0. The standard InChI is InChI=1S/C23H26Cl2N4O4/c24-15-4-5-19(18(25)9-15)33-12-20(30)29-11-14-2-1-3-17(14)21(29)23(32)28-16(10-26)8-13-6-7-27-22(13)31/h4-5,9,13-14,16-17,21H,1-3,6-8,11-12H2,(H,27,31)(H,28,32)/t13-,14-,16-,17-,21?/m0/s1. The van der Waals surface area contributed by atoms with Crippen LogP contribution in [-0.4, -0.2) is 54.4 Å². The number of rotatable bonds is 7. The fraction of sp³-hybridized carbons (Fsp3) is 0.565. The minimum absolute atomic E-state index is 0.0576. The number of ether oxygens (including phenoxy) is 1. The summed E-state index contributed by atoms with van der Waals surface area (Å²) in [6.07, 6.45) is 3.75. The van der Waals surface area contributed by atoms with Crippen molar-refractivity contribution in [2.75, 3.05) is 19.7 Å². The third-order valence-corrected chi connectivity index (χ3v) is 7.41. The van der Waals surface area contributed by atoms with Gasteiger partial charge in [-0.25, -0.2) is 0 Å². The molecule has 5 atom stereocenters. The van der Waals surface area contributed by atoms with Gasteiger partial charge in [0, 0.05) is 24.0 Å². The lowest BCUT2D eigenvalue weighted by Crippen LogP contribution is -2.52. The highest BCUT2D eigenvalue weighted by atomic mass is 35.5. The van der Waals surface area contributed by atoms with E-state index < -0.39 is 12.1 Å². The Morgan fingerprint density at radius 2 is 2.12 bits per heavy atom. The van der Waals surface area contributed by atoms with Crippen molar-refractivity contribution in [3.05, 3.63) is 28.2 Å². The van der Waals surface area contributed by atoms with Crippen molar-refractivity contribution in [1.29, 1.82) is 5.26 Å². The number of hydrogen-bond donors (Lipinski definition) is 2. The van der Waals surface area contributed by atoms with E-state index >= 15 is 0 Å². The van der Waals surface area contributed by atoms with Crippen molar-refractivity contribution < 1.29 is 19.1 Å². The molecule has 2 N–H and O–H groups in total. The van der Waals surface area contributed by atoms with Crippen LogP contribution in [0.4, 0.5) is 0 Å². The van der Waals surface area contributed by atoms with Crippen LogP contribution >= 0.6 is 23.2 Å². The normalized spacial score (nSPS) is 26.9. The summed E-state index contributed by atoms with van der Waals surface area (Å²) in [4.78, 5) is 39.8. The number of nitrogens with one attached hydrogen (secondary N) is 2. The van der Waals surface area contributed by atoms with Crippen molar-refractivity contribution in [2.45, 2.75) is 44.2 Å². The summed E-state index contributed by atoms with van der Waals surface area (Å²) < 4.78 is 5.61. The van der Waals surface area contributed by atoms with Crippen LogP contribution < -0.4 is 15.4 Å². The summed E-state index contributed by atoms with van der Waals surface area (Å²) >= 11 is 12.0. The topological polar surface area (TPSA) is 112 Å². The number of carbonyl (C=O) groups excluding carboxylic acids is 3. The Morgan fingerprint density at radius 3 is 2.82 bits per heavy atom. The first kappa shape index (κ1) is 23.7. The highest BCUT2D eigenvalue weighted by molar-refractivity contribution is 6.35. The zero-order valence-electron chi connectivity index (χ0n) is 18.1. The summed E-state index contributed by atoms with van der Waals surface area (Å²) in [6.45, 7) is 0.817. The molecule has 2 heterocycles. The summed E-state index contributed by atoms with van der Waals surface area (Å²) in [5, 5.41) is 15.9. The first-order valence-electron chi connectivity index (χ1n) is 11.2. The van der Waals surface area contributed by atoms with Gasteiger partial charge in [-0.3, -0.25) is 14.4 Å². The van der Waals surface area contributed by atoms with E-state index in [9.17, 15) is 19.6 Å². The molecular formula is C23H26Cl2N4O4. The van der Waals surface area contributed by atoms with Gasteiger partial charge < -0.3 is 20.3 Å². The number of halogens is 2. The van der Waals surface area contributed by atoms with E-state index in [2.05, 4.69) is 16.7 Å². The largest absolute Gasteiger partial charge is 0.482 e. The van der Waals surface area contributed by atoms with Crippen molar-refractivity contribution >= 4 is 40.9 Å².